The number of carbonyl (C=O) groups excluding carboxylic acids is 1. The number of aromatic nitrogens is 1. The first kappa shape index (κ1) is 16.2. The quantitative estimate of drug-likeness (QED) is 0.913. The number of hydrogen-bond donors (Lipinski definition) is 1. The summed E-state index contributed by atoms with van der Waals surface area (Å²) in [5, 5.41) is 15.5. The molecule has 1 aliphatic heterocycles. The molecular formula is C16H22N4O2S. The van der Waals surface area contributed by atoms with E-state index < -0.39 is 6.04 Å². The van der Waals surface area contributed by atoms with E-state index in [9.17, 15) is 4.79 Å². The zero-order valence-corrected chi connectivity index (χ0v) is 14.2. The third kappa shape index (κ3) is 3.82. The van der Waals surface area contributed by atoms with E-state index >= 15 is 0 Å². The van der Waals surface area contributed by atoms with E-state index in [2.05, 4.69) is 23.3 Å². The molecule has 1 aliphatic carbocycles. The summed E-state index contributed by atoms with van der Waals surface area (Å²) in [5.74, 6) is -0.0521. The van der Waals surface area contributed by atoms with Crippen molar-refractivity contribution in [2.45, 2.75) is 50.6 Å². The van der Waals surface area contributed by atoms with Crippen LogP contribution in [0.2, 0.25) is 0 Å². The highest BCUT2D eigenvalue weighted by Gasteiger charge is 2.30. The molecule has 1 aromatic rings. The molecule has 7 heteroatoms. The Kier molecular flexibility index (Phi) is 4.83. The third-order valence-corrected chi connectivity index (χ3v) is 5.40. The molecule has 1 amide bonds. The second-order valence-corrected chi connectivity index (χ2v) is 7.38. The highest BCUT2D eigenvalue weighted by atomic mass is 32.1. The van der Waals surface area contributed by atoms with Crippen LogP contribution in [0.3, 0.4) is 0 Å². The second kappa shape index (κ2) is 6.85. The fourth-order valence-corrected chi connectivity index (χ4v) is 4.11. The molecular weight excluding hydrogens is 312 g/mol. The Morgan fingerprint density at radius 3 is 3.13 bits per heavy atom. The number of carbonyl (C=O) groups is 1. The van der Waals surface area contributed by atoms with Crippen molar-refractivity contribution in [1.29, 1.82) is 5.26 Å². The van der Waals surface area contributed by atoms with E-state index in [1.807, 2.05) is 5.38 Å². The average Bonchev–Trinajstić information content (AvgIpc) is 3.16. The minimum atomic E-state index is -0.482. The first-order valence-corrected chi connectivity index (χ1v) is 8.97. The number of hydrogen-bond acceptors (Lipinski definition) is 6. The molecule has 3 rings (SSSR count). The number of amides is 1. The molecule has 0 radical (unpaired) electrons. The van der Waals surface area contributed by atoms with E-state index in [0.29, 0.717) is 19.8 Å². The summed E-state index contributed by atoms with van der Waals surface area (Å²) in [6, 6.07) is 1.65. The topological polar surface area (TPSA) is 78.2 Å². The van der Waals surface area contributed by atoms with Gasteiger partial charge in [-0.3, -0.25) is 4.79 Å². The first-order valence-electron chi connectivity index (χ1n) is 8.09. The lowest BCUT2D eigenvalue weighted by molar-refractivity contribution is -0.137. The Balaban J connectivity index is 1.60. The Bertz CT molecular complexity index is 603. The first-order chi connectivity index (χ1) is 11.1. The van der Waals surface area contributed by atoms with Gasteiger partial charge in [0, 0.05) is 17.5 Å². The normalized spacial score (nSPS) is 23.5. The summed E-state index contributed by atoms with van der Waals surface area (Å²) >= 11 is 1.55. The average molecular weight is 334 g/mol. The van der Waals surface area contributed by atoms with Crippen LogP contribution in [-0.2, 0) is 16.0 Å². The third-order valence-electron chi connectivity index (χ3n) is 4.60. The van der Waals surface area contributed by atoms with Gasteiger partial charge in [-0.25, -0.2) is 4.98 Å². The number of nitrogens with zero attached hydrogens (tertiary/aromatic N) is 3. The number of nitrogens with one attached hydrogen (secondary N) is 1. The van der Waals surface area contributed by atoms with E-state index in [1.54, 1.807) is 16.2 Å². The zero-order chi connectivity index (χ0) is 16.3. The summed E-state index contributed by atoms with van der Waals surface area (Å²) in [5.41, 5.74) is 0.905. The van der Waals surface area contributed by atoms with Crippen LogP contribution in [0.1, 0.15) is 38.3 Å². The summed E-state index contributed by atoms with van der Waals surface area (Å²) < 4.78 is 5.25. The fraction of sp³-hybridized carbons (Fsp3) is 0.688. The monoisotopic (exact) mass is 334 g/mol. The number of thiazole rings is 1. The van der Waals surface area contributed by atoms with Crippen molar-refractivity contribution in [3.63, 3.8) is 0 Å². The molecule has 1 aromatic heterocycles. The number of ether oxygens (including phenoxy) is 1. The number of rotatable bonds is 4. The molecule has 0 bridgehead atoms. The van der Waals surface area contributed by atoms with Crippen molar-refractivity contribution in [3.05, 3.63) is 11.1 Å². The van der Waals surface area contributed by atoms with Gasteiger partial charge in [0.25, 0.3) is 0 Å². The van der Waals surface area contributed by atoms with Crippen molar-refractivity contribution in [1.82, 2.24) is 9.88 Å². The molecule has 1 atom stereocenters. The van der Waals surface area contributed by atoms with E-state index in [0.717, 1.165) is 10.8 Å². The maximum absolute atomic E-state index is 12.4. The molecule has 2 heterocycles. The molecule has 1 saturated heterocycles. The Morgan fingerprint density at radius 2 is 2.39 bits per heavy atom. The summed E-state index contributed by atoms with van der Waals surface area (Å²) in [7, 11) is 0. The molecule has 1 N–H and O–H groups in total. The molecule has 2 fully saturated rings. The maximum atomic E-state index is 12.4. The van der Waals surface area contributed by atoms with Gasteiger partial charge in [-0.1, -0.05) is 12.8 Å². The lowest BCUT2D eigenvalue weighted by Gasteiger charge is -2.31. The van der Waals surface area contributed by atoms with Crippen molar-refractivity contribution in [2.75, 3.05) is 25.1 Å². The van der Waals surface area contributed by atoms with Crippen LogP contribution in [0.5, 0.6) is 0 Å². The molecule has 1 unspecified atom stereocenters. The second-order valence-electron chi connectivity index (χ2n) is 6.52. The molecule has 6 nitrogen and oxygen atoms in total. The van der Waals surface area contributed by atoms with Crippen LogP contribution < -0.4 is 5.32 Å². The van der Waals surface area contributed by atoms with E-state index in [4.69, 9.17) is 10.00 Å². The van der Waals surface area contributed by atoms with Gasteiger partial charge in [0.15, 0.2) is 5.13 Å². The van der Waals surface area contributed by atoms with Gasteiger partial charge >= 0.3 is 0 Å². The Morgan fingerprint density at radius 1 is 1.61 bits per heavy atom. The lowest BCUT2D eigenvalue weighted by atomic mass is 10.0. The Labute approximate surface area is 140 Å². The molecule has 124 valence electrons. The molecule has 0 aromatic carbocycles. The summed E-state index contributed by atoms with van der Waals surface area (Å²) in [4.78, 5) is 18.6. The van der Waals surface area contributed by atoms with Crippen LogP contribution >= 0.6 is 11.3 Å². The molecule has 23 heavy (non-hydrogen) atoms. The van der Waals surface area contributed by atoms with Crippen LogP contribution in [-0.4, -0.2) is 47.1 Å². The summed E-state index contributed by atoms with van der Waals surface area (Å²) in [6.07, 6.45) is 5.09. The van der Waals surface area contributed by atoms with Crippen LogP contribution in [0.25, 0.3) is 0 Å². The molecule has 0 spiro atoms. The van der Waals surface area contributed by atoms with Crippen molar-refractivity contribution < 1.29 is 9.53 Å². The van der Waals surface area contributed by atoms with Crippen molar-refractivity contribution in [3.8, 4) is 6.07 Å². The van der Waals surface area contributed by atoms with Crippen LogP contribution in [0, 0.1) is 11.3 Å². The van der Waals surface area contributed by atoms with E-state index in [1.165, 1.54) is 25.7 Å². The van der Waals surface area contributed by atoms with E-state index in [-0.39, 0.29) is 17.9 Å². The van der Waals surface area contributed by atoms with Crippen LogP contribution in [0.15, 0.2) is 5.38 Å². The predicted octanol–water partition coefficient (Wildman–Crippen LogP) is 2.18. The number of nitriles is 1. The Hall–Kier alpha value is -1.65. The fourth-order valence-electron chi connectivity index (χ4n) is 3.25. The largest absolute Gasteiger partial charge is 0.376 e. The van der Waals surface area contributed by atoms with Gasteiger partial charge in [-0.05, 0) is 19.8 Å². The van der Waals surface area contributed by atoms with Crippen molar-refractivity contribution >= 4 is 22.4 Å². The zero-order valence-electron chi connectivity index (χ0n) is 13.4. The van der Waals surface area contributed by atoms with Gasteiger partial charge in [0.2, 0.25) is 5.91 Å². The van der Waals surface area contributed by atoms with Crippen molar-refractivity contribution in [2.24, 2.45) is 0 Å². The standard InChI is InChI=1S/C16H22N4O2S/c1-16(4-2-3-5-16)19-15-18-12(11-23-15)8-14(21)20-6-7-22-10-13(20)9-17/h11,13H,2-8,10H2,1H3,(H,18,19). The SMILES string of the molecule is CC1(Nc2nc(CC(=O)N3CCOCC3C#N)cs2)CCCC1. The maximum Gasteiger partial charge on any atom is 0.229 e. The number of morpholine rings is 1. The smallest absolute Gasteiger partial charge is 0.229 e. The van der Waals surface area contributed by atoms with Gasteiger partial charge in [0.1, 0.15) is 6.04 Å². The van der Waals surface area contributed by atoms with Crippen LogP contribution in [0.4, 0.5) is 5.13 Å². The highest BCUT2D eigenvalue weighted by Crippen LogP contribution is 2.33. The lowest BCUT2D eigenvalue weighted by Crippen LogP contribution is -2.48. The number of anilines is 1. The van der Waals surface area contributed by atoms with Gasteiger partial charge in [-0.15, -0.1) is 11.3 Å². The molecule has 2 aliphatic rings. The van der Waals surface area contributed by atoms with Gasteiger partial charge in [-0.2, -0.15) is 5.26 Å². The predicted molar refractivity (Wildman–Crippen MR) is 88.2 cm³/mol. The molecule has 1 saturated carbocycles. The minimum absolute atomic E-state index is 0.0521. The van der Waals surface area contributed by atoms with Gasteiger partial charge in [0.05, 0.1) is 31.4 Å². The minimum Gasteiger partial charge on any atom is -0.376 e. The summed E-state index contributed by atoms with van der Waals surface area (Å²) in [6.45, 7) is 3.50. The van der Waals surface area contributed by atoms with Gasteiger partial charge < -0.3 is 15.0 Å². The highest BCUT2D eigenvalue weighted by molar-refractivity contribution is 7.13.